The Labute approximate surface area is 70.1 Å². The normalized spacial score (nSPS) is 10.0. The molecule has 0 bridgehead atoms. The standard InChI is InChI=1S/C10H7O2/c11-10-3-1-8(2-4-10)9-5-6-12-7-9/h1-3,5-7,11H. The molecule has 1 aromatic heterocycles. The molecular weight excluding hydrogens is 152 g/mol. The Morgan fingerprint density at radius 3 is 2.67 bits per heavy atom. The third-order valence-electron chi connectivity index (χ3n) is 1.65. The van der Waals surface area contributed by atoms with Crippen molar-refractivity contribution in [3.63, 3.8) is 0 Å². The van der Waals surface area contributed by atoms with E-state index >= 15 is 0 Å². The molecule has 1 aromatic carbocycles. The van der Waals surface area contributed by atoms with Crippen molar-refractivity contribution in [1.29, 1.82) is 0 Å². The van der Waals surface area contributed by atoms with Gasteiger partial charge in [0.25, 0.3) is 0 Å². The number of furan rings is 1. The van der Waals surface area contributed by atoms with Crippen LogP contribution in [-0.2, 0) is 0 Å². The summed E-state index contributed by atoms with van der Waals surface area (Å²) in [5.74, 6) is 0.155. The monoisotopic (exact) mass is 159 g/mol. The van der Waals surface area contributed by atoms with Crippen molar-refractivity contribution in [3.8, 4) is 16.9 Å². The van der Waals surface area contributed by atoms with Gasteiger partial charge in [-0.25, -0.2) is 0 Å². The predicted molar refractivity (Wildman–Crippen MR) is 44.6 cm³/mol. The smallest absolute Gasteiger partial charge is 0.123 e. The van der Waals surface area contributed by atoms with E-state index in [0.29, 0.717) is 0 Å². The zero-order valence-corrected chi connectivity index (χ0v) is 6.32. The van der Waals surface area contributed by atoms with Crippen molar-refractivity contribution in [2.24, 2.45) is 0 Å². The summed E-state index contributed by atoms with van der Waals surface area (Å²) in [5.41, 5.74) is 1.98. The molecule has 1 N–H and O–H groups in total. The second kappa shape index (κ2) is 2.74. The summed E-state index contributed by atoms with van der Waals surface area (Å²) in [6.07, 6.45) is 3.27. The Morgan fingerprint density at radius 2 is 2.08 bits per heavy atom. The average Bonchev–Trinajstić information content (AvgIpc) is 2.58. The molecule has 0 amide bonds. The Kier molecular flexibility index (Phi) is 1.59. The van der Waals surface area contributed by atoms with E-state index < -0.39 is 0 Å². The second-order valence-corrected chi connectivity index (χ2v) is 2.47. The third-order valence-corrected chi connectivity index (χ3v) is 1.65. The largest absolute Gasteiger partial charge is 0.507 e. The Balaban J connectivity index is 2.43. The first-order valence-electron chi connectivity index (χ1n) is 3.59. The van der Waals surface area contributed by atoms with Gasteiger partial charge in [-0.2, -0.15) is 0 Å². The Morgan fingerprint density at radius 1 is 1.17 bits per heavy atom. The van der Waals surface area contributed by atoms with E-state index in [1.807, 2.05) is 12.1 Å². The number of phenolic OH excluding ortho intramolecular Hbond substituents is 1. The maximum atomic E-state index is 8.98. The summed E-state index contributed by atoms with van der Waals surface area (Å²) >= 11 is 0. The van der Waals surface area contributed by atoms with E-state index in [0.717, 1.165) is 11.1 Å². The summed E-state index contributed by atoms with van der Waals surface area (Å²) in [7, 11) is 0. The quantitative estimate of drug-likeness (QED) is 0.693. The van der Waals surface area contributed by atoms with Crippen LogP contribution in [0.4, 0.5) is 0 Å². The summed E-state index contributed by atoms with van der Waals surface area (Å²) in [6.45, 7) is 0. The van der Waals surface area contributed by atoms with Crippen molar-refractivity contribution in [2.75, 3.05) is 0 Å². The number of phenols is 1. The number of benzene rings is 1. The van der Waals surface area contributed by atoms with Gasteiger partial charge in [0.05, 0.1) is 12.5 Å². The van der Waals surface area contributed by atoms with Crippen LogP contribution in [0.5, 0.6) is 5.75 Å². The number of rotatable bonds is 1. The van der Waals surface area contributed by atoms with Gasteiger partial charge in [0.15, 0.2) is 0 Å². The molecule has 1 heterocycles. The van der Waals surface area contributed by atoms with Crippen LogP contribution in [0, 0.1) is 6.07 Å². The molecule has 12 heavy (non-hydrogen) atoms. The Hall–Kier alpha value is -1.70. The van der Waals surface area contributed by atoms with Crippen LogP contribution in [-0.4, -0.2) is 5.11 Å². The SMILES string of the molecule is Oc1[c]cc(-c2ccoc2)cc1. The number of hydrogen-bond donors (Lipinski definition) is 1. The lowest BCUT2D eigenvalue weighted by Gasteiger charge is -1.95. The first-order valence-corrected chi connectivity index (χ1v) is 3.59. The van der Waals surface area contributed by atoms with Gasteiger partial charge < -0.3 is 9.52 Å². The fraction of sp³-hybridized carbons (Fsp3) is 0. The summed E-state index contributed by atoms with van der Waals surface area (Å²) < 4.78 is 4.92. The first-order chi connectivity index (χ1) is 5.86. The van der Waals surface area contributed by atoms with E-state index in [1.165, 1.54) is 0 Å². The highest BCUT2D eigenvalue weighted by Crippen LogP contribution is 2.21. The summed E-state index contributed by atoms with van der Waals surface area (Å²) in [4.78, 5) is 0. The van der Waals surface area contributed by atoms with E-state index in [4.69, 9.17) is 9.52 Å². The zero-order chi connectivity index (χ0) is 8.39. The van der Waals surface area contributed by atoms with Crippen LogP contribution >= 0.6 is 0 Å². The van der Waals surface area contributed by atoms with Gasteiger partial charge in [-0.3, -0.25) is 0 Å². The first kappa shape index (κ1) is 6.98. The van der Waals surface area contributed by atoms with Crippen molar-refractivity contribution in [2.45, 2.75) is 0 Å². The highest BCUT2D eigenvalue weighted by molar-refractivity contribution is 5.62. The molecule has 59 valence electrons. The van der Waals surface area contributed by atoms with Crippen LogP contribution in [0.15, 0.2) is 41.2 Å². The van der Waals surface area contributed by atoms with Crippen molar-refractivity contribution in [1.82, 2.24) is 0 Å². The van der Waals surface area contributed by atoms with E-state index in [1.54, 1.807) is 24.7 Å². The van der Waals surface area contributed by atoms with Crippen molar-refractivity contribution < 1.29 is 9.52 Å². The molecule has 0 atom stereocenters. The molecule has 0 aliphatic heterocycles. The highest BCUT2D eigenvalue weighted by atomic mass is 16.3. The summed E-state index contributed by atoms with van der Waals surface area (Å²) in [6, 6.07) is 9.70. The molecule has 2 nitrogen and oxygen atoms in total. The van der Waals surface area contributed by atoms with Crippen molar-refractivity contribution in [3.05, 3.63) is 42.9 Å². The van der Waals surface area contributed by atoms with Crippen LogP contribution in [0.25, 0.3) is 11.1 Å². The Bertz CT molecular complexity index is 346. The fourth-order valence-corrected chi connectivity index (χ4v) is 1.02. The minimum atomic E-state index is 0.155. The second-order valence-electron chi connectivity index (χ2n) is 2.47. The maximum absolute atomic E-state index is 8.98. The maximum Gasteiger partial charge on any atom is 0.123 e. The summed E-state index contributed by atoms with van der Waals surface area (Å²) in [5, 5.41) is 8.98. The lowest BCUT2D eigenvalue weighted by molar-refractivity contribution is 0.474. The van der Waals surface area contributed by atoms with Crippen molar-refractivity contribution >= 4 is 0 Å². The number of hydrogen-bond acceptors (Lipinski definition) is 2. The predicted octanol–water partition coefficient (Wildman–Crippen LogP) is 2.45. The minimum absolute atomic E-state index is 0.155. The lowest BCUT2D eigenvalue weighted by Crippen LogP contribution is -1.71. The molecule has 2 rings (SSSR count). The topological polar surface area (TPSA) is 33.4 Å². The van der Waals surface area contributed by atoms with Crippen LogP contribution in [0.3, 0.4) is 0 Å². The molecule has 1 radical (unpaired) electrons. The van der Waals surface area contributed by atoms with Gasteiger partial charge in [-0.1, -0.05) is 6.07 Å². The molecule has 0 aliphatic carbocycles. The van der Waals surface area contributed by atoms with Crippen LogP contribution in [0.2, 0.25) is 0 Å². The van der Waals surface area contributed by atoms with Gasteiger partial charge in [-0.05, 0) is 23.8 Å². The lowest BCUT2D eigenvalue weighted by atomic mass is 10.1. The molecule has 0 aliphatic rings. The highest BCUT2D eigenvalue weighted by Gasteiger charge is 1.97. The minimum Gasteiger partial charge on any atom is -0.507 e. The van der Waals surface area contributed by atoms with Crippen LogP contribution in [0.1, 0.15) is 0 Å². The van der Waals surface area contributed by atoms with Gasteiger partial charge in [0.2, 0.25) is 0 Å². The molecule has 0 saturated carbocycles. The number of aromatic hydroxyl groups is 1. The molecule has 2 heteroatoms. The molecule has 0 spiro atoms. The molecule has 2 aromatic rings. The molecule has 0 unspecified atom stereocenters. The molecule has 0 saturated heterocycles. The van der Waals surface area contributed by atoms with E-state index in [-0.39, 0.29) is 5.75 Å². The zero-order valence-electron chi connectivity index (χ0n) is 6.32. The van der Waals surface area contributed by atoms with E-state index in [9.17, 15) is 0 Å². The van der Waals surface area contributed by atoms with Gasteiger partial charge in [0, 0.05) is 11.6 Å². The molecular formula is C10H7O2. The van der Waals surface area contributed by atoms with E-state index in [2.05, 4.69) is 6.07 Å². The molecule has 0 fully saturated rings. The van der Waals surface area contributed by atoms with Gasteiger partial charge in [0.1, 0.15) is 5.75 Å². The van der Waals surface area contributed by atoms with Gasteiger partial charge >= 0.3 is 0 Å². The third kappa shape index (κ3) is 1.19. The average molecular weight is 159 g/mol. The van der Waals surface area contributed by atoms with Crippen LogP contribution < -0.4 is 0 Å². The van der Waals surface area contributed by atoms with Gasteiger partial charge in [-0.15, -0.1) is 0 Å². The fourth-order valence-electron chi connectivity index (χ4n) is 1.02.